The van der Waals surface area contributed by atoms with Crippen molar-refractivity contribution in [1.82, 2.24) is 14.8 Å². The number of carbonyl (C=O) groups excluding carboxylic acids is 1. The molecule has 3 rings (SSSR count). The van der Waals surface area contributed by atoms with Crippen LogP contribution in [0.15, 0.2) is 40.1 Å². The maximum absolute atomic E-state index is 12.2. The first-order valence-corrected chi connectivity index (χ1v) is 9.02. The summed E-state index contributed by atoms with van der Waals surface area (Å²) < 4.78 is 7.11. The molecule has 2 heterocycles. The van der Waals surface area contributed by atoms with Crippen molar-refractivity contribution in [2.24, 2.45) is 7.05 Å². The number of benzene rings is 1. The topological polar surface area (TPSA) is 72.9 Å². The lowest BCUT2D eigenvalue weighted by molar-refractivity contribution is -0.113. The number of amides is 1. The molecule has 3 aromatic rings. The van der Waals surface area contributed by atoms with Gasteiger partial charge in [0.15, 0.2) is 11.0 Å². The zero-order valence-electron chi connectivity index (χ0n) is 13.4. The summed E-state index contributed by atoms with van der Waals surface area (Å²) in [4.78, 5) is 12.2. The standard InChI is InChI=1S/C16H14Cl2N4O2S/c1-9-10(6-7-24-9)15-20-21-16(22(15)2)25-8-13(23)19-14-11(17)4-3-5-12(14)18/h3-7H,8H2,1-2H3,(H,19,23). The van der Waals surface area contributed by atoms with Gasteiger partial charge in [-0.15, -0.1) is 10.2 Å². The normalized spacial score (nSPS) is 10.9. The van der Waals surface area contributed by atoms with E-state index in [9.17, 15) is 4.79 Å². The van der Waals surface area contributed by atoms with Crippen LogP contribution in [0.3, 0.4) is 0 Å². The number of rotatable bonds is 5. The summed E-state index contributed by atoms with van der Waals surface area (Å²) in [6.45, 7) is 1.86. The van der Waals surface area contributed by atoms with Gasteiger partial charge in [-0.2, -0.15) is 0 Å². The highest BCUT2D eigenvalue weighted by Crippen LogP contribution is 2.30. The number of nitrogens with one attached hydrogen (secondary N) is 1. The smallest absolute Gasteiger partial charge is 0.234 e. The lowest BCUT2D eigenvalue weighted by atomic mass is 10.2. The number of aromatic nitrogens is 3. The number of furan rings is 1. The largest absolute Gasteiger partial charge is 0.469 e. The molecule has 0 bridgehead atoms. The Morgan fingerprint density at radius 3 is 2.64 bits per heavy atom. The monoisotopic (exact) mass is 396 g/mol. The molecule has 25 heavy (non-hydrogen) atoms. The van der Waals surface area contributed by atoms with Gasteiger partial charge < -0.3 is 14.3 Å². The summed E-state index contributed by atoms with van der Waals surface area (Å²) in [7, 11) is 1.84. The Bertz CT molecular complexity index is 903. The predicted octanol–water partition coefficient (Wildman–Crippen LogP) is 4.42. The molecule has 0 atom stereocenters. The highest BCUT2D eigenvalue weighted by Gasteiger charge is 2.16. The van der Waals surface area contributed by atoms with E-state index in [0.717, 1.165) is 11.3 Å². The summed E-state index contributed by atoms with van der Waals surface area (Å²) in [5.41, 5.74) is 1.28. The second-order valence-electron chi connectivity index (χ2n) is 5.19. The van der Waals surface area contributed by atoms with Gasteiger partial charge in [0.05, 0.1) is 33.3 Å². The zero-order chi connectivity index (χ0) is 18.0. The minimum absolute atomic E-state index is 0.151. The van der Waals surface area contributed by atoms with E-state index in [-0.39, 0.29) is 11.7 Å². The van der Waals surface area contributed by atoms with Crippen molar-refractivity contribution in [3.8, 4) is 11.4 Å². The summed E-state index contributed by atoms with van der Waals surface area (Å²) in [5, 5.41) is 12.4. The van der Waals surface area contributed by atoms with Gasteiger partial charge in [-0.1, -0.05) is 41.0 Å². The number of aryl methyl sites for hydroxylation is 1. The third-order valence-electron chi connectivity index (χ3n) is 3.49. The third kappa shape index (κ3) is 3.84. The van der Waals surface area contributed by atoms with Gasteiger partial charge in [0, 0.05) is 7.05 Å². The minimum atomic E-state index is -0.232. The first-order chi connectivity index (χ1) is 12.0. The predicted molar refractivity (Wildman–Crippen MR) is 99.3 cm³/mol. The highest BCUT2D eigenvalue weighted by molar-refractivity contribution is 7.99. The van der Waals surface area contributed by atoms with Crippen LogP contribution in [0.2, 0.25) is 10.0 Å². The van der Waals surface area contributed by atoms with Crippen LogP contribution in [0, 0.1) is 6.92 Å². The molecule has 0 saturated heterocycles. The summed E-state index contributed by atoms with van der Waals surface area (Å²) in [6.07, 6.45) is 1.60. The van der Waals surface area contributed by atoms with Crippen molar-refractivity contribution >= 4 is 46.6 Å². The van der Waals surface area contributed by atoms with Crippen LogP contribution in [-0.2, 0) is 11.8 Å². The first kappa shape index (κ1) is 17.8. The number of hydrogen-bond acceptors (Lipinski definition) is 5. The average Bonchev–Trinajstić information content (AvgIpc) is 3.15. The van der Waals surface area contributed by atoms with E-state index in [1.54, 1.807) is 24.5 Å². The fraction of sp³-hybridized carbons (Fsp3) is 0.188. The second-order valence-corrected chi connectivity index (χ2v) is 6.95. The average molecular weight is 397 g/mol. The number of hydrogen-bond donors (Lipinski definition) is 1. The summed E-state index contributed by atoms with van der Waals surface area (Å²) >= 11 is 13.4. The molecule has 0 radical (unpaired) electrons. The lowest BCUT2D eigenvalue weighted by Crippen LogP contribution is -2.15. The van der Waals surface area contributed by atoms with Gasteiger partial charge in [0.25, 0.3) is 0 Å². The zero-order valence-corrected chi connectivity index (χ0v) is 15.7. The molecule has 9 heteroatoms. The van der Waals surface area contributed by atoms with Crippen molar-refractivity contribution < 1.29 is 9.21 Å². The van der Waals surface area contributed by atoms with Crippen LogP contribution in [0.1, 0.15) is 5.76 Å². The first-order valence-electron chi connectivity index (χ1n) is 7.28. The Morgan fingerprint density at radius 2 is 2.00 bits per heavy atom. The van der Waals surface area contributed by atoms with Crippen LogP contribution in [0.25, 0.3) is 11.4 Å². The molecule has 1 N–H and O–H groups in total. The maximum Gasteiger partial charge on any atom is 0.234 e. The summed E-state index contributed by atoms with van der Waals surface area (Å²) in [5.74, 6) is 1.36. The molecule has 130 valence electrons. The van der Waals surface area contributed by atoms with Gasteiger partial charge in [0.1, 0.15) is 5.76 Å². The minimum Gasteiger partial charge on any atom is -0.469 e. The molecule has 1 amide bonds. The SMILES string of the molecule is Cc1occc1-c1nnc(SCC(=O)Nc2c(Cl)cccc2Cl)n1C. The van der Waals surface area contributed by atoms with Gasteiger partial charge >= 0.3 is 0 Å². The molecule has 0 aliphatic rings. The molecule has 2 aromatic heterocycles. The van der Waals surface area contributed by atoms with Crippen molar-refractivity contribution in [2.45, 2.75) is 12.1 Å². The Kier molecular flexibility index (Phi) is 5.36. The van der Waals surface area contributed by atoms with Crippen molar-refractivity contribution in [1.29, 1.82) is 0 Å². The molecule has 0 aliphatic carbocycles. The van der Waals surface area contributed by atoms with E-state index < -0.39 is 0 Å². The van der Waals surface area contributed by atoms with Crippen LogP contribution in [-0.4, -0.2) is 26.4 Å². The van der Waals surface area contributed by atoms with Gasteiger partial charge in [-0.3, -0.25) is 4.79 Å². The van der Waals surface area contributed by atoms with Gasteiger partial charge in [0.2, 0.25) is 5.91 Å². The Labute approximate surface area is 158 Å². The fourth-order valence-corrected chi connectivity index (χ4v) is 3.42. The van der Waals surface area contributed by atoms with Crippen molar-refractivity contribution in [2.75, 3.05) is 11.1 Å². The number of para-hydroxylation sites is 1. The molecule has 0 saturated carbocycles. The quantitative estimate of drug-likeness (QED) is 0.646. The second kappa shape index (κ2) is 7.51. The Balaban J connectivity index is 1.67. The van der Waals surface area contributed by atoms with Gasteiger partial charge in [-0.25, -0.2) is 0 Å². The fourth-order valence-electron chi connectivity index (χ4n) is 2.21. The van der Waals surface area contributed by atoms with Crippen LogP contribution in [0.5, 0.6) is 0 Å². The van der Waals surface area contributed by atoms with Crippen molar-refractivity contribution in [3.63, 3.8) is 0 Å². The third-order valence-corrected chi connectivity index (χ3v) is 5.14. The van der Waals surface area contributed by atoms with Crippen LogP contribution in [0.4, 0.5) is 5.69 Å². The van der Waals surface area contributed by atoms with E-state index in [4.69, 9.17) is 27.6 Å². The van der Waals surface area contributed by atoms with E-state index in [1.807, 2.05) is 24.6 Å². The Hall–Kier alpha value is -1.96. The van der Waals surface area contributed by atoms with Crippen LogP contribution >= 0.6 is 35.0 Å². The maximum atomic E-state index is 12.2. The molecule has 0 fully saturated rings. The van der Waals surface area contributed by atoms with Crippen LogP contribution < -0.4 is 5.32 Å². The number of carbonyl (C=O) groups is 1. The molecule has 0 spiro atoms. The van der Waals surface area contributed by atoms with Gasteiger partial charge in [-0.05, 0) is 25.1 Å². The number of anilines is 1. The van der Waals surface area contributed by atoms with E-state index in [0.29, 0.717) is 26.7 Å². The molecular formula is C16H14Cl2N4O2S. The lowest BCUT2D eigenvalue weighted by Gasteiger charge is -2.08. The van der Waals surface area contributed by atoms with E-state index in [1.165, 1.54) is 11.8 Å². The number of nitrogens with zero attached hydrogens (tertiary/aromatic N) is 3. The molecular weight excluding hydrogens is 383 g/mol. The molecule has 6 nitrogen and oxygen atoms in total. The highest BCUT2D eigenvalue weighted by atomic mass is 35.5. The van der Waals surface area contributed by atoms with E-state index in [2.05, 4.69) is 15.5 Å². The van der Waals surface area contributed by atoms with Crippen molar-refractivity contribution in [3.05, 3.63) is 46.3 Å². The van der Waals surface area contributed by atoms with E-state index >= 15 is 0 Å². The number of thioether (sulfide) groups is 1. The number of halogens is 2. The molecule has 0 unspecified atom stereocenters. The molecule has 1 aromatic carbocycles. The summed E-state index contributed by atoms with van der Waals surface area (Å²) in [6, 6.07) is 6.88. The molecule has 0 aliphatic heterocycles. The Morgan fingerprint density at radius 1 is 1.28 bits per heavy atom.